The molecule has 0 aliphatic carbocycles. The van der Waals surface area contributed by atoms with Gasteiger partial charge in [0.1, 0.15) is 5.69 Å². The normalized spacial score (nSPS) is 12.7. The number of nitrogens with zero attached hydrogens (tertiary/aromatic N) is 4. The highest BCUT2D eigenvalue weighted by atomic mass is 32.1. The lowest BCUT2D eigenvalue weighted by Crippen LogP contribution is -2.15. The number of fused-ring (bicyclic) bond motifs is 2. The van der Waals surface area contributed by atoms with Crippen molar-refractivity contribution < 1.29 is 4.39 Å². The number of pyridine rings is 2. The average molecular weight is 486 g/mol. The number of H-pyrrole nitrogens is 2. The second-order valence-corrected chi connectivity index (χ2v) is 8.92. The van der Waals surface area contributed by atoms with Crippen LogP contribution in [-0.2, 0) is 0 Å². The number of hydrogen-bond acceptors (Lipinski definition) is 6. The lowest BCUT2D eigenvalue weighted by atomic mass is 10.0. The van der Waals surface area contributed by atoms with Crippen LogP contribution in [-0.4, -0.2) is 43.2 Å². The number of halogens is 1. The fraction of sp³-hybridized carbons (Fsp3) is 0.154. The highest BCUT2D eigenvalue weighted by Gasteiger charge is 2.17. The number of aromatic nitrogens is 6. The van der Waals surface area contributed by atoms with Crippen molar-refractivity contribution >= 4 is 39.1 Å². The predicted molar refractivity (Wildman–Crippen MR) is 141 cm³/mol. The molecule has 0 aliphatic rings. The molecule has 0 saturated heterocycles. The monoisotopic (exact) mass is 485 g/mol. The molecule has 0 aliphatic heterocycles. The Labute approximate surface area is 205 Å². The van der Waals surface area contributed by atoms with Crippen LogP contribution in [0.2, 0.25) is 0 Å². The van der Waals surface area contributed by atoms with Gasteiger partial charge in [0.2, 0.25) is 0 Å². The Morgan fingerprint density at radius 1 is 1.23 bits per heavy atom. The molecule has 0 fully saturated rings. The van der Waals surface area contributed by atoms with Crippen molar-refractivity contribution in [1.82, 2.24) is 35.5 Å². The van der Waals surface area contributed by atoms with Crippen LogP contribution in [0, 0.1) is 5.13 Å². The summed E-state index contributed by atoms with van der Waals surface area (Å²) in [6, 6.07) is 7.13. The number of nitrogens with one attached hydrogen (secondary N) is 3. The van der Waals surface area contributed by atoms with Gasteiger partial charge in [0.15, 0.2) is 22.2 Å². The average Bonchev–Trinajstić information content (AvgIpc) is 3.61. The fourth-order valence-corrected chi connectivity index (χ4v) is 4.68. The highest BCUT2D eigenvalue weighted by Crippen LogP contribution is 2.34. The molecule has 35 heavy (non-hydrogen) atoms. The molecule has 0 unspecified atom stereocenters. The molecule has 7 nitrogen and oxygen atoms in total. The van der Waals surface area contributed by atoms with Gasteiger partial charge in [0, 0.05) is 34.9 Å². The number of imidazole rings is 1. The van der Waals surface area contributed by atoms with E-state index in [0.29, 0.717) is 22.8 Å². The quantitative estimate of drug-likeness (QED) is 0.238. The standard InChI is InChI=1S/C26H24FN7S/c1-4-15(13-28-6-3)11-16(5-2)17-12-19-23(33-34-24(19)30-14-17)26-31-22-18(9-10-29-25(22)32-26)20-7-8-21(27)35-20/h4-5,7-12,14,28H,1,6,13H2,2-3H3,(H,29,31,32)(H,30,33,34)/b15-11+,16-5+. The van der Waals surface area contributed by atoms with Gasteiger partial charge in [-0.2, -0.15) is 9.49 Å². The minimum absolute atomic E-state index is 0.234. The van der Waals surface area contributed by atoms with Crippen LogP contribution in [0.5, 0.6) is 0 Å². The van der Waals surface area contributed by atoms with E-state index in [1.54, 1.807) is 12.3 Å². The summed E-state index contributed by atoms with van der Waals surface area (Å²) in [7, 11) is 0. The molecule has 5 aromatic heterocycles. The molecule has 3 N–H and O–H groups in total. The summed E-state index contributed by atoms with van der Waals surface area (Å²) in [6.45, 7) is 9.64. The van der Waals surface area contributed by atoms with Crippen molar-refractivity contribution in [3.8, 4) is 22.0 Å². The zero-order valence-electron chi connectivity index (χ0n) is 19.4. The summed E-state index contributed by atoms with van der Waals surface area (Å²) in [4.78, 5) is 17.8. The number of allylic oxidation sites excluding steroid dienone is 3. The Kier molecular flexibility index (Phi) is 6.35. The molecule has 5 rings (SSSR count). The van der Waals surface area contributed by atoms with Gasteiger partial charge in [-0.1, -0.05) is 31.7 Å². The molecule has 0 bridgehead atoms. The maximum atomic E-state index is 13.7. The van der Waals surface area contributed by atoms with Crippen molar-refractivity contribution in [2.75, 3.05) is 13.1 Å². The van der Waals surface area contributed by atoms with Crippen LogP contribution < -0.4 is 5.32 Å². The maximum Gasteiger partial charge on any atom is 0.181 e. The van der Waals surface area contributed by atoms with Crippen LogP contribution in [0.4, 0.5) is 4.39 Å². The zero-order valence-corrected chi connectivity index (χ0v) is 20.2. The van der Waals surface area contributed by atoms with Gasteiger partial charge >= 0.3 is 0 Å². The Hall–Kier alpha value is -3.95. The molecular formula is C26H24FN7S. The van der Waals surface area contributed by atoms with Crippen molar-refractivity contribution in [1.29, 1.82) is 0 Å². The Morgan fingerprint density at radius 2 is 2.11 bits per heavy atom. The largest absolute Gasteiger partial charge is 0.335 e. The Balaban J connectivity index is 1.58. The lowest BCUT2D eigenvalue weighted by Gasteiger charge is -2.07. The van der Waals surface area contributed by atoms with Gasteiger partial charge in [-0.25, -0.2) is 15.0 Å². The van der Waals surface area contributed by atoms with E-state index in [2.05, 4.69) is 67.2 Å². The smallest absolute Gasteiger partial charge is 0.181 e. The first kappa shape index (κ1) is 22.8. The SMILES string of the molecule is C=C/C(=C\C(=C/C)c1cnc2n[nH]c(-c3nc4nccc(-c5ccc(F)s5)c4[nH]3)c2c1)CNCC. The van der Waals surface area contributed by atoms with Crippen molar-refractivity contribution in [2.24, 2.45) is 0 Å². The first-order valence-corrected chi connectivity index (χ1v) is 12.1. The zero-order chi connectivity index (χ0) is 24.4. The topological polar surface area (TPSA) is 95.2 Å². The second-order valence-electron chi connectivity index (χ2n) is 7.89. The molecule has 0 amide bonds. The number of rotatable bonds is 8. The van der Waals surface area contributed by atoms with Gasteiger partial charge < -0.3 is 10.3 Å². The first-order chi connectivity index (χ1) is 17.1. The molecule has 9 heteroatoms. The Bertz CT molecular complexity index is 1590. The summed E-state index contributed by atoms with van der Waals surface area (Å²) in [5.41, 5.74) is 6.54. The lowest BCUT2D eigenvalue weighted by molar-refractivity contribution is 0.657. The third kappa shape index (κ3) is 4.43. The van der Waals surface area contributed by atoms with Crippen LogP contribution in [0.1, 0.15) is 19.4 Å². The van der Waals surface area contributed by atoms with E-state index in [0.717, 1.165) is 62.5 Å². The molecule has 176 valence electrons. The number of aromatic amines is 2. The van der Waals surface area contributed by atoms with E-state index >= 15 is 0 Å². The van der Waals surface area contributed by atoms with E-state index in [9.17, 15) is 4.39 Å². The van der Waals surface area contributed by atoms with Crippen molar-refractivity contribution in [3.63, 3.8) is 0 Å². The van der Waals surface area contributed by atoms with Gasteiger partial charge in [0.25, 0.3) is 0 Å². The third-order valence-electron chi connectivity index (χ3n) is 5.70. The molecule has 0 radical (unpaired) electrons. The number of likely N-dealkylation sites (N-methyl/N-ethyl adjacent to an activating group) is 1. The van der Waals surface area contributed by atoms with E-state index in [1.165, 1.54) is 6.07 Å². The molecule has 0 saturated carbocycles. The highest BCUT2D eigenvalue weighted by molar-refractivity contribution is 7.14. The van der Waals surface area contributed by atoms with E-state index in [1.807, 2.05) is 25.3 Å². The van der Waals surface area contributed by atoms with Gasteiger partial charge in [-0.05, 0) is 48.9 Å². The minimum Gasteiger partial charge on any atom is -0.335 e. The number of thiophene rings is 1. The Morgan fingerprint density at radius 3 is 2.86 bits per heavy atom. The third-order valence-corrected chi connectivity index (χ3v) is 6.61. The van der Waals surface area contributed by atoms with Crippen LogP contribution >= 0.6 is 11.3 Å². The molecule has 0 atom stereocenters. The molecule has 5 aromatic rings. The second kappa shape index (κ2) is 9.73. The van der Waals surface area contributed by atoms with Crippen molar-refractivity contribution in [2.45, 2.75) is 13.8 Å². The number of hydrogen-bond donors (Lipinski definition) is 3. The molecular weight excluding hydrogens is 461 g/mol. The predicted octanol–water partition coefficient (Wildman–Crippen LogP) is 5.89. The summed E-state index contributed by atoms with van der Waals surface area (Å²) in [5.74, 6) is 0.593. The van der Waals surface area contributed by atoms with E-state index in [-0.39, 0.29) is 5.13 Å². The van der Waals surface area contributed by atoms with E-state index in [4.69, 9.17) is 0 Å². The maximum absolute atomic E-state index is 13.7. The summed E-state index contributed by atoms with van der Waals surface area (Å²) in [6.07, 6.45) is 9.52. The minimum atomic E-state index is -0.234. The molecule has 0 aromatic carbocycles. The van der Waals surface area contributed by atoms with Gasteiger partial charge in [0.05, 0.1) is 10.9 Å². The van der Waals surface area contributed by atoms with Gasteiger partial charge in [-0.3, -0.25) is 5.10 Å². The summed E-state index contributed by atoms with van der Waals surface area (Å²) < 4.78 is 13.7. The summed E-state index contributed by atoms with van der Waals surface area (Å²) in [5, 5.41) is 11.4. The fourth-order valence-electron chi connectivity index (χ4n) is 3.92. The van der Waals surface area contributed by atoms with Crippen LogP contribution in [0.3, 0.4) is 0 Å². The van der Waals surface area contributed by atoms with Crippen LogP contribution in [0.15, 0.2) is 67.0 Å². The van der Waals surface area contributed by atoms with Crippen LogP contribution in [0.25, 0.3) is 49.7 Å². The van der Waals surface area contributed by atoms with Gasteiger partial charge in [-0.15, -0.1) is 11.3 Å². The summed E-state index contributed by atoms with van der Waals surface area (Å²) >= 11 is 1.09. The molecule has 5 heterocycles. The molecule has 0 spiro atoms. The van der Waals surface area contributed by atoms with E-state index < -0.39 is 0 Å². The first-order valence-electron chi connectivity index (χ1n) is 11.3. The van der Waals surface area contributed by atoms with Crippen molar-refractivity contribution in [3.05, 3.63) is 77.7 Å².